The van der Waals surface area contributed by atoms with Crippen LogP contribution in [0.3, 0.4) is 0 Å². The maximum atomic E-state index is 13.1. The zero-order valence-corrected chi connectivity index (χ0v) is 38.6. The lowest BCUT2D eigenvalue weighted by molar-refractivity contribution is -0.133. The summed E-state index contributed by atoms with van der Waals surface area (Å²) in [5, 5.41) is 0.765. The molecule has 2 aromatic heterocycles. The molecule has 4 heterocycles. The standard InChI is InChI=1S/C24H25ClN2O4.C23H22ClF3N2O5S/c1-3-31-24(29)27-11-8-15(9-12-27)21-18-7-6-17(25)14-19(18)20(23(28)30-2)13-16-5-4-10-26-22(16)21;1-2-33-22(30)29-10-7-14(8-11-29)20-17-6-5-16(24)13-18(17)19(34-35(31,32)23(25,26)27)12-15-4-3-9-28-21(15)20/h4-7,10,13-15,21H,3,8-9,11-12H2,1-2H3;3-6,9,12-14,20H,2,7-8,10-11H2,1H3. The fourth-order valence-corrected chi connectivity index (χ4v) is 9.96. The number of carbonyl (C=O) groups excluding carboxylic acids is 3. The predicted molar refractivity (Wildman–Crippen MR) is 242 cm³/mol. The number of methoxy groups -OCH3 is 1. The molecule has 4 aromatic rings. The van der Waals surface area contributed by atoms with Gasteiger partial charge in [-0.15, -0.1) is 0 Å². The number of piperidine rings is 2. The summed E-state index contributed by atoms with van der Waals surface area (Å²) in [7, 11) is -4.55. The molecule has 19 heteroatoms. The molecule has 66 heavy (non-hydrogen) atoms. The van der Waals surface area contributed by atoms with Crippen LogP contribution in [0.25, 0.3) is 23.5 Å². The van der Waals surface area contributed by atoms with Crippen molar-refractivity contribution >= 4 is 75.0 Å². The number of esters is 1. The third-order valence-corrected chi connectivity index (χ3v) is 13.6. The van der Waals surface area contributed by atoms with Crippen LogP contribution >= 0.6 is 23.2 Å². The Morgan fingerprint density at radius 3 is 1.62 bits per heavy atom. The van der Waals surface area contributed by atoms with Crippen molar-refractivity contribution in [3.05, 3.63) is 128 Å². The van der Waals surface area contributed by atoms with Crippen molar-refractivity contribution in [2.75, 3.05) is 46.5 Å². The largest absolute Gasteiger partial charge is 0.534 e. The minimum Gasteiger partial charge on any atom is -0.465 e. The van der Waals surface area contributed by atoms with E-state index in [1.165, 1.54) is 19.3 Å². The highest BCUT2D eigenvalue weighted by Crippen LogP contribution is 2.47. The molecule has 2 unspecified atom stereocenters. The van der Waals surface area contributed by atoms with Crippen LogP contribution in [0.4, 0.5) is 22.8 Å². The summed E-state index contributed by atoms with van der Waals surface area (Å²) in [6.07, 6.45) is 8.58. The van der Waals surface area contributed by atoms with Crippen molar-refractivity contribution in [3.63, 3.8) is 0 Å². The van der Waals surface area contributed by atoms with Crippen molar-refractivity contribution in [2.24, 2.45) is 11.8 Å². The van der Waals surface area contributed by atoms with E-state index < -0.39 is 39.4 Å². The summed E-state index contributed by atoms with van der Waals surface area (Å²) in [5.74, 6) is -1.09. The molecule has 2 aromatic carbocycles. The normalized spacial score (nSPS) is 18.5. The second kappa shape index (κ2) is 20.5. The molecule has 0 N–H and O–H groups in total. The average Bonchev–Trinajstić information content (AvgIpc) is 3.52. The summed E-state index contributed by atoms with van der Waals surface area (Å²) in [6, 6.07) is 17.4. The lowest BCUT2D eigenvalue weighted by atomic mass is 9.76. The highest BCUT2D eigenvalue weighted by atomic mass is 35.5. The Morgan fingerprint density at radius 2 is 1.17 bits per heavy atom. The van der Waals surface area contributed by atoms with Gasteiger partial charge < -0.3 is 28.2 Å². The van der Waals surface area contributed by atoms with E-state index >= 15 is 0 Å². The van der Waals surface area contributed by atoms with E-state index in [1.807, 2.05) is 43.3 Å². The Kier molecular flexibility index (Phi) is 15.0. The zero-order chi connectivity index (χ0) is 47.3. The highest BCUT2D eigenvalue weighted by molar-refractivity contribution is 7.87. The van der Waals surface area contributed by atoms with Crippen molar-refractivity contribution in [1.82, 2.24) is 19.8 Å². The quantitative estimate of drug-likeness (QED) is 0.0752. The van der Waals surface area contributed by atoms with E-state index in [-0.39, 0.29) is 41.0 Å². The lowest BCUT2D eigenvalue weighted by Crippen LogP contribution is -2.40. The summed E-state index contributed by atoms with van der Waals surface area (Å²) in [6.45, 7) is 6.30. The molecule has 2 aliphatic carbocycles. The van der Waals surface area contributed by atoms with E-state index in [4.69, 9.17) is 42.4 Å². The molecule has 0 saturated carbocycles. The number of nitrogens with zero attached hydrogens (tertiary/aromatic N) is 4. The lowest BCUT2D eigenvalue weighted by Gasteiger charge is -2.36. The number of carbonyl (C=O) groups is 3. The Labute approximate surface area is 390 Å². The number of halogens is 5. The van der Waals surface area contributed by atoms with Crippen molar-refractivity contribution < 1.29 is 54.4 Å². The summed E-state index contributed by atoms with van der Waals surface area (Å²) in [5.41, 5.74) is 0.178. The fraction of sp³-hybridized carbons (Fsp3) is 0.383. The molecule has 2 amide bonds. The minimum atomic E-state index is -5.93. The van der Waals surface area contributed by atoms with Crippen LogP contribution < -0.4 is 0 Å². The second-order valence-electron chi connectivity index (χ2n) is 16.0. The fourth-order valence-electron chi connectivity index (χ4n) is 9.14. The van der Waals surface area contributed by atoms with Crippen molar-refractivity contribution in [2.45, 2.75) is 56.9 Å². The van der Waals surface area contributed by atoms with Gasteiger partial charge in [0.05, 0.1) is 37.3 Å². The van der Waals surface area contributed by atoms with Gasteiger partial charge in [0.1, 0.15) is 0 Å². The molecule has 0 radical (unpaired) electrons. The molecule has 350 valence electrons. The Morgan fingerprint density at radius 1 is 0.712 bits per heavy atom. The maximum Gasteiger partial charge on any atom is 0.534 e. The SMILES string of the molecule is CCOC(=O)N1CCC(C2c3ccc(Cl)cc3C(C(=O)OC)=Cc3cccnc32)CC1.CCOC(=O)N1CCC(C2c3ccc(Cl)cc3C(OS(=O)(=O)C(F)(F)F)=Cc3cccnc32)CC1. The van der Waals surface area contributed by atoms with Crippen LogP contribution in [0.15, 0.2) is 73.1 Å². The number of likely N-dealkylation sites (tertiary alicyclic amines) is 2. The number of pyridine rings is 2. The smallest absolute Gasteiger partial charge is 0.465 e. The number of aromatic nitrogens is 2. The van der Waals surface area contributed by atoms with E-state index in [9.17, 15) is 36.0 Å². The van der Waals surface area contributed by atoms with Gasteiger partial charge in [-0.3, -0.25) is 9.97 Å². The first-order valence-electron chi connectivity index (χ1n) is 21.4. The van der Waals surface area contributed by atoms with E-state index in [2.05, 4.69) is 9.17 Å². The molecule has 0 bridgehead atoms. The maximum absolute atomic E-state index is 13.1. The number of benzene rings is 2. The molecule has 2 aliphatic heterocycles. The van der Waals surface area contributed by atoms with Crippen LogP contribution in [0.5, 0.6) is 0 Å². The van der Waals surface area contributed by atoms with E-state index in [0.29, 0.717) is 73.0 Å². The first-order chi connectivity index (χ1) is 31.5. The number of hydrogen-bond donors (Lipinski definition) is 0. The Bertz CT molecular complexity index is 2650. The molecule has 2 atom stereocenters. The van der Waals surface area contributed by atoms with Gasteiger partial charge in [0.15, 0.2) is 5.76 Å². The van der Waals surface area contributed by atoms with E-state index in [1.54, 1.807) is 53.4 Å². The van der Waals surface area contributed by atoms with E-state index in [0.717, 1.165) is 35.2 Å². The Hall–Kier alpha value is -5.65. The van der Waals surface area contributed by atoms with Gasteiger partial charge in [-0.05, 0) is 122 Å². The van der Waals surface area contributed by atoms with Gasteiger partial charge >= 0.3 is 33.8 Å². The molecule has 13 nitrogen and oxygen atoms in total. The number of ether oxygens (including phenoxy) is 3. The molecular formula is C47H47Cl2F3N4O9S. The average molecular weight is 972 g/mol. The van der Waals surface area contributed by atoms with Crippen LogP contribution in [-0.2, 0) is 33.3 Å². The van der Waals surface area contributed by atoms with Gasteiger partial charge in [0, 0.05) is 71.6 Å². The number of amides is 2. The molecular weight excluding hydrogens is 925 g/mol. The minimum absolute atomic E-state index is 0.0220. The van der Waals surface area contributed by atoms with Gasteiger partial charge in [-0.25, -0.2) is 14.4 Å². The third kappa shape index (κ3) is 10.3. The summed E-state index contributed by atoms with van der Waals surface area (Å²) >= 11 is 12.5. The first kappa shape index (κ1) is 48.3. The monoisotopic (exact) mass is 970 g/mol. The number of rotatable bonds is 7. The molecule has 8 rings (SSSR count). The highest BCUT2D eigenvalue weighted by Gasteiger charge is 2.49. The topological polar surface area (TPSA) is 155 Å². The first-order valence-corrected chi connectivity index (χ1v) is 23.6. The van der Waals surface area contributed by atoms with Gasteiger partial charge in [-0.2, -0.15) is 21.6 Å². The van der Waals surface area contributed by atoms with Crippen LogP contribution in [0.1, 0.15) is 96.1 Å². The van der Waals surface area contributed by atoms with Crippen LogP contribution in [-0.4, -0.2) is 98.4 Å². The van der Waals surface area contributed by atoms with Crippen LogP contribution in [0.2, 0.25) is 10.0 Å². The van der Waals surface area contributed by atoms with Crippen molar-refractivity contribution in [3.8, 4) is 0 Å². The summed E-state index contributed by atoms with van der Waals surface area (Å²) < 4.78 is 83.2. The third-order valence-electron chi connectivity index (χ3n) is 12.1. The summed E-state index contributed by atoms with van der Waals surface area (Å²) in [4.78, 5) is 49.5. The number of alkyl halides is 3. The van der Waals surface area contributed by atoms with Gasteiger partial charge in [0.25, 0.3) is 0 Å². The van der Waals surface area contributed by atoms with Crippen LogP contribution in [0, 0.1) is 11.8 Å². The zero-order valence-electron chi connectivity index (χ0n) is 36.2. The number of fused-ring (bicyclic) bond motifs is 4. The van der Waals surface area contributed by atoms with Gasteiger partial charge in [0.2, 0.25) is 0 Å². The van der Waals surface area contributed by atoms with Gasteiger partial charge in [-0.1, -0.05) is 47.5 Å². The van der Waals surface area contributed by atoms with Crippen molar-refractivity contribution in [1.29, 1.82) is 0 Å². The predicted octanol–water partition coefficient (Wildman–Crippen LogP) is 10.2. The number of hydrogen-bond acceptors (Lipinski definition) is 11. The Balaban J connectivity index is 0.000000198. The second-order valence-corrected chi connectivity index (χ2v) is 18.4. The molecule has 2 fully saturated rings. The molecule has 0 spiro atoms. The molecule has 2 saturated heterocycles. The molecule has 4 aliphatic rings.